The first-order valence-corrected chi connectivity index (χ1v) is 11.3. The molecule has 28 heavy (non-hydrogen) atoms. The summed E-state index contributed by atoms with van der Waals surface area (Å²) in [5.74, 6) is 0.0204. The molecule has 6 heteroatoms. The van der Waals surface area contributed by atoms with Crippen LogP contribution in [0, 0.1) is 0 Å². The molecule has 2 heterocycles. The second kappa shape index (κ2) is 8.55. The normalized spacial score (nSPS) is 19.2. The molecule has 0 saturated carbocycles. The molecule has 0 aromatic heterocycles. The summed E-state index contributed by atoms with van der Waals surface area (Å²) in [6, 6.07) is 18.6. The van der Waals surface area contributed by atoms with Crippen molar-refractivity contribution in [2.75, 3.05) is 11.4 Å². The summed E-state index contributed by atoms with van der Waals surface area (Å²) in [7, 11) is 0. The highest BCUT2D eigenvalue weighted by Crippen LogP contribution is 2.49. The van der Waals surface area contributed by atoms with Crippen LogP contribution in [-0.4, -0.2) is 21.7 Å². The fourth-order valence-corrected chi connectivity index (χ4v) is 5.44. The Hall–Kier alpha value is -2.02. The lowest BCUT2D eigenvalue weighted by molar-refractivity contribution is -0.122. The van der Waals surface area contributed by atoms with Crippen LogP contribution in [0.1, 0.15) is 19.8 Å². The number of allylic oxidation sites excluding steroid dienone is 2. The lowest BCUT2D eigenvalue weighted by Gasteiger charge is -2.20. The van der Waals surface area contributed by atoms with E-state index in [-0.39, 0.29) is 5.91 Å². The smallest absolute Gasteiger partial charge is 0.266 e. The van der Waals surface area contributed by atoms with E-state index in [1.165, 1.54) is 16.7 Å². The van der Waals surface area contributed by atoms with Gasteiger partial charge in [-0.3, -0.25) is 9.69 Å². The monoisotopic (exact) mass is 424 g/mol. The Bertz CT molecular complexity index is 969. The molecule has 2 aliphatic heterocycles. The number of benzene rings is 2. The third kappa shape index (κ3) is 3.77. The third-order valence-corrected chi connectivity index (χ3v) is 7.03. The first kappa shape index (κ1) is 19.3. The van der Waals surface area contributed by atoms with Crippen molar-refractivity contribution in [1.82, 2.24) is 4.90 Å². The van der Waals surface area contributed by atoms with Crippen LogP contribution in [-0.2, 0) is 4.79 Å². The highest BCUT2D eigenvalue weighted by atomic mass is 32.2. The van der Waals surface area contributed by atoms with Crippen LogP contribution in [0.25, 0.3) is 0 Å². The molecule has 0 bridgehead atoms. The van der Waals surface area contributed by atoms with E-state index >= 15 is 0 Å². The Morgan fingerprint density at radius 1 is 1.00 bits per heavy atom. The van der Waals surface area contributed by atoms with Crippen LogP contribution >= 0.6 is 35.7 Å². The number of thiocarbonyl (C=S) groups is 1. The predicted molar refractivity (Wildman–Crippen MR) is 124 cm³/mol. The van der Waals surface area contributed by atoms with Crippen LogP contribution < -0.4 is 4.90 Å². The van der Waals surface area contributed by atoms with Gasteiger partial charge < -0.3 is 4.90 Å². The van der Waals surface area contributed by atoms with Gasteiger partial charge in [0.2, 0.25) is 0 Å². The molecule has 0 N–H and O–H groups in total. The average molecular weight is 425 g/mol. The number of hydrogen-bond donors (Lipinski definition) is 0. The Labute approximate surface area is 179 Å². The van der Waals surface area contributed by atoms with Crippen molar-refractivity contribution in [3.8, 4) is 0 Å². The molecule has 0 spiro atoms. The number of thioether (sulfide) groups is 2. The highest BCUT2D eigenvalue weighted by molar-refractivity contribution is 8.26. The van der Waals surface area contributed by atoms with E-state index in [1.807, 2.05) is 30.4 Å². The van der Waals surface area contributed by atoms with Crippen molar-refractivity contribution in [3.63, 3.8) is 0 Å². The highest BCUT2D eigenvalue weighted by Gasteiger charge is 2.31. The van der Waals surface area contributed by atoms with Gasteiger partial charge in [0.05, 0.1) is 15.6 Å². The van der Waals surface area contributed by atoms with Crippen LogP contribution in [0.15, 0.2) is 81.6 Å². The topological polar surface area (TPSA) is 23.6 Å². The molecule has 0 atom stereocenters. The summed E-state index contributed by atoms with van der Waals surface area (Å²) in [4.78, 5) is 18.6. The number of nitrogens with zero attached hydrogens (tertiary/aromatic N) is 2. The summed E-state index contributed by atoms with van der Waals surface area (Å²) in [5.41, 5.74) is 2.27. The van der Waals surface area contributed by atoms with Gasteiger partial charge in [-0.05, 0) is 42.8 Å². The SMILES string of the molecule is CCCCN1C(=O)/C(=C\C=C2\Sc3ccccc3N2c2ccccc2)SC1=S. The van der Waals surface area contributed by atoms with E-state index in [1.54, 1.807) is 16.7 Å². The summed E-state index contributed by atoms with van der Waals surface area (Å²) in [6.45, 7) is 2.82. The Morgan fingerprint density at radius 2 is 1.75 bits per heavy atom. The van der Waals surface area contributed by atoms with E-state index in [4.69, 9.17) is 12.2 Å². The van der Waals surface area contributed by atoms with Gasteiger partial charge in [-0.1, -0.05) is 79.4 Å². The van der Waals surface area contributed by atoms with Crippen LogP contribution in [0.4, 0.5) is 11.4 Å². The second-order valence-electron chi connectivity index (χ2n) is 6.45. The largest absolute Gasteiger partial charge is 0.303 e. The molecule has 4 rings (SSSR count). The molecule has 0 aliphatic carbocycles. The minimum atomic E-state index is 0.0204. The molecule has 2 aromatic carbocycles. The van der Waals surface area contributed by atoms with Crippen molar-refractivity contribution < 1.29 is 4.79 Å². The maximum atomic E-state index is 12.7. The predicted octanol–water partition coefficient (Wildman–Crippen LogP) is 6.32. The standard InChI is InChI=1S/C22H20N2OS3/c1-2-3-15-23-21(25)19(28-22(23)26)13-14-20-24(16-9-5-4-6-10-16)17-11-7-8-12-18(17)27-20/h4-14H,2-3,15H2,1H3/b19-13+,20-14+. The maximum Gasteiger partial charge on any atom is 0.266 e. The summed E-state index contributed by atoms with van der Waals surface area (Å²) >= 11 is 8.51. The minimum Gasteiger partial charge on any atom is -0.303 e. The first-order valence-electron chi connectivity index (χ1n) is 9.26. The lowest BCUT2D eigenvalue weighted by atomic mass is 10.2. The summed E-state index contributed by atoms with van der Waals surface area (Å²) in [5, 5.41) is 1.08. The molecule has 1 saturated heterocycles. The molecule has 1 fully saturated rings. The lowest BCUT2D eigenvalue weighted by Crippen LogP contribution is -2.28. The number of carbonyl (C=O) groups excluding carboxylic acids is 1. The Morgan fingerprint density at radius 3 is 2.54 bits per heavy atom. The molecule has 1 amide bonds. The zero-order valence-electron chi connectivity index (χ0n) is 15.5. The van der Waals surface area contributed by atoms with Gasteiger partial charge in [-0.25, -0.2) is 0 Å². The average Bonchev–Trinajstić information content (AvgIpc) is 3.22. The van der Waals surface area contributed by atoms with Gasteiger partial charge in [0, 0.05) is 17.1 Å². The zero-order chi connectivity index (χ0) is 19.5. The summed E-state index contributed by atoms with van der Waals surface area (Å²) < 4.78 is 0.658. The number of para-hydroxylation sites is 2. The molecule has 0 radical (unpaired) electrons. The van der Waals surface area contributed by atoms with E-state index < -0.39 is 0 Å². The fourth-order valence-electron chi connectivity index (χ4n) is 3.13. The Balaban J connectivity index is 1.65. The first-order chi connectivity index (χ1) is 13.7. The summed E-state index contributed by atoms with van der Waals surface area (Å²) in [6.07, 6.45) is 5.95. The minimum absolute atomic E-state index is 0.0204. The Kier molecular flexibility index (Phi) is 5.90. The van der Waals surface area contributed by atoms with Gasteiger partial charge >= 0.3 is 0 Å². The molecule has 2 aromatic rings. The van der Waals surface area contributed by atoms with Gasteiger partial charge in [0.1, 0.15) is 4.32 Å². The molecule has 2 aliphatic rings. The molecular weight excluding hydrogens is 404 g/mol. The fraction of sp³-hybridized carbons (Fsp3) is 0.182. The number of hydrogen-bond acceptors (Lipinski definition) is 5. The van der Waals surface area contributed by atoms with Gasteiger partial charge in [-0.15, -0.1) is 0 Å². The van der Waals surface area contributed by atoms with Crippen molar-refractivity contribution in [1.29, 1.82) is 0 Å². The molecule has 0 unspecified atom stereocenters. The second-order valence-corrected chi connectivity index (χ2v) is 9.19. The van der Waals surface area contributed by atoms with Gasteiger partial charge in [-0.2, -0.15) is 0 Å². The number of anilines is 2. The third-order valence-electron chi connectivity index (χ3n) is 4.54. The van der Waals surface area contributed by atoms with Crippen molar-refractivity contribution in [3.05, 3.63) is 76.7 Å². The number of fused-ring (bicyclic) bond motifs is 1. The van der Waals surface area contributed by atoms with Crippen LogP contribution in [0.3, 0.4) is 0 Å². The van der Waals surface area contributed by atoms with E-state index in [9.17, 15) is 4.79 Å². The van der Waals surface area contributed by atoms with Crippen molar-refractivity contribution in [2.45, 2.75) is 24.7 Å². The molecule has 3 nitrogen and oxygen atoms in total. The number of rotatable bonds is 5. The van der Waals surface area contributed by atoms with Crippen molar-refractivity contribution in [2.24, 2.45) is 0 Å². The maximum absolute atomic E-state index is 12.7. The molecular formula is C22H20N2OS3. The van der Waals surface area contributed by atoms with Gasteiger partial charge in [0.15, 0.2) is 0 Å². The number of amides is 1. The number of unbranched alkanes of at least 4 members (excludes halogenated alkanes) is 1. The molecule has 142 valence electrons. The van der Waals surface area contributed by atoms with E-state index in [2.05, 4.69) is 48.2 Å². The van der Waals surface area contributed by atoms with E-state index in [0.717, 1.165) is 29.2 Å². The quantitative estimate of drug-likeness (QED) is 0.413. The van der Waals surface area contributed by atoms with Crippen molar-refractivity contribution >= 4 is 57.3 Å². The van der Waals surface area contributed by atoms with Gasteiger partial charge in [0.25, 0.3) is 5.91 Å². The zero-order valence-corrected chi connectivity index (χ0v) is 17.9. The van der Waals surface area contributed by atoms with Crippen LogP contribution in [0.5, 0.6) is 0 Å². The van der Waals surface area contributed by atoms with E-state index in [0.29, 0.717) is 15.8 Å². The number of carbonyl (C=O) groups is 1. The van der Waals surface area contributed by atoms with Crippen LogP contribution in [0.2, 0.25) is 0 Å².